The molecule has 0 radical (unpaired) electrons. The maximum absolute atomic E-state index is 6.48. The second kappa shape index (κ2) is 8.25. The van der Waals surface area contributed by atoms with Crippen molar-refractivity contribution in [3.05, 3.63) is 133 Å². The zero-order valence-electron chi connectivity index (χ0n) is 20.0. The maximum Gasteiger partial charge on any atom is 0.143 e. The van der Waals surface area contributed by atoms with Gasteiger partial charge in [0.15, 0.2) is 0 Å². The minimum absolute atomic E-state index is 0.929. The molecule has 0 saturated carbocycles. The summed E-state index contributed by atoms with van der Waals surface area (Å²) >= 11 is 0. The second-order valence-corrected chi connectivity index (χ2v) is 9.51. The Balaban J connectivity index is 1.36. The maximum atomic E-state index is 6.48. The molecule has 6 aromatic carbocycles. The molecule has 0 aliphatic rings. The SMILES string of the molecule is Cc1cccc(-c2cccc(-c3cccc(-c4cccc5c4oc4cc6ccccc6cc45)c3)c2)c1. The fourth-order valence-corrected chi connectivity index (χ4v) is 5.28. The van der Waals surface area contributed by atoms with Crippen LogP contribution in [0.3, 0.4) is 0 Å². The number of hydrogen-bond donors (Lipinski definition) is 0. The van der Waals surface area contributed by atoms with Gasteiger partial charge in [-0.2, -0.15) is 0 Å². The van der Waals surface area contributed by atoms with Crippen molar-refractivity contribution in [2.24, 2.45) is 0 Å². The van der Waals surface area contributed by atoms with Crippen molar-refractivity contribution in [3.63, 3.8) is 0 Å². The zero-order chi connectivity index (χ0) is 24.1. The summed E-state index contributed by atoms with van der Waals surface area (Å²) in [7, 11) is 0. The fraction of sp³-hybridized carbons (Fsp3) is 0.0286. The average Bonchev–Trinajstić information content (AvgIpc) is 3.29. The molecule has 0 saturated heterocycles. The van der Waals surface area contributed by atoms with E-state index in [9.17, 15) is 0 Å². The van der Waals surface area contributed by atoms with Gasteiger partial charge in [0.2, 0.25) is 0 Å². The molecule has 1 heteroatoms. The lowest BCUT2D eigenvalue weighted by Gasteiger charge is -2.09. The number of rotatable bonds is 3. The Morgan fingerprint density at radius 1 is 0.444 bits per heavy atom. The highest BCUT2D eigenvalue weighted by Crippen LogP contribution is 2.38. The first kappa shape index (κ1) is 20.7. The Bertz CT molecular complexity index is 1900. The molecule has 0 aliphatic heterocycles. The molecule has 0 N–H and O–H groups in total. The lowest BCUT2D eigenvalue weighted by atomic mass is 9.95. The van der Waals surface area contributed by atoms with Gasteiger partial charge in [-0.15, -0.1) is 0 Å². The van der Waals surface area contributed by atoms with Gasteiger partial charge in [0, 0.05) is 16.3 Å². The zero-order valence-corrected chi connectivity index (χ0v) is 20.0. The van der Waals surface area contributed by atoms with E-state index in [1.54, 1.807) is 0 Å². The van der Waals surface area contributed by atoms with E-state index in [2.05, 4.69) is 134 Å². The quantitative estimate of drug-likeness (QED) is 0.256. The number of hydrogen-bond acceptors (Lipinski definition) is 1. The summed E-state index contributed by atoms with van der Waals surface area (Å²) in [6.07, 6.45) is 0. The predicted octanol–water partition coefficient (Wildman–Crippen LogP) is 10.0. The third kappa shape index (κ3) is 3.49. The lowest BCUT2D eigenvalue weighted by Crippen LogP contribution is -1.84. The smallest absolute Gasteiger partial charge is 0.143 e. The Morgan fingerprint density at radius 2 is 1.03 bits per heavy atom. The molecule has 36 heavy (non-hydrogen) atoms. The lowest BCUT2D eigenvalue weighted by molar-refractivity contribution is 0.670. The van der Waals surface area contributed by atoms with Gasteiger partial charge in [0.1, 0.15) is 11.2 Å². The van der Waals surface area contributed by atoms with Gasteiger partial charge in [0.25, 0.3) is 0 Å². The first-order valence-corrected chi connectivity index (χ1v) is 12.3. The van der Waals surface area contributed by atoms with E-state index in [0.717, 1.165) is 33.1 Å². The standard InChI is InChI=1S/C35H24O/c1-23-8-4-11-24(18-23)25-12-5-13-26(19-25)27-14-6-15-30(20-27)31-16-7-17-32-33-21-28-9-2-3-10-29(28)22-34(33)36-35(31)32/h2-22H,1H3. The van der Waals surface area contributed by atoms with Crippen LogP contribution in [0.5, 0.6) is 0 Å². The molecule has 0 fully saturated rings. The summed E-state index contributed by atoms with van der Waals surface area (Å²) in [6.45, 7) is 2.14. The van der Waals surface area contributed by atoms with Crippen LogP contribution < -0.4 is 0 Å². The molecule has 7 rings (SSSR count). The molecule has 0 bridgehead atoms. The number of benzene rings is 6. The van der Waals surface area contributed by atoms with E-state index >= 15 is 0 Å². The van der Waals surface area contributed by atoms with Crippen LogP contribution in [-0.4, -0.2) is 0 Å². The number of furan rings is 1. The van der Waals surface area contributed by atoms with Crippen molar-refractivity contribution in [1.29, 1.82) is 0 Å². The summed E-state index contributed by atoms with van der Waals surface area (Å²) in [4.78, 5) is 0. The Labute approximate surface area is 210 Å². The van der Waals surface area contributed by atoms with Gasteiger partial charge >= 0.3 is 0 Å². The van der Waals surface area contributed by atoms with E-state index in [4.69, 9.17) is 4.42 Å². The van der Waals surface area contributed by atoms with Crippen LogP contribution in [0.2, 0.25) is 0 Å². The van der Waals surface area contributed by atoms with Crippen molar-refractivity contribution >= 4 is 32.7 Å². The highest BCUT2D eigenvalue weighted by atomic mass is 16.3. The predicted molar refractivity (Wildman–Crippen MR) is 152 cm³/mol. The van der Waals surface area contributed by atoms with Gasteiger partial charge in [-0.25, -0.2) is 0 Å². The largest absolute Gasteiger partial charge is 0.455 e. The van der Waals surface area contributed by atoms with Gasteiger partial charge in [0.05, 0.1) is 0 Å². The molecule has 1 aromatic heterocycles. The van der Waals surface area contributed by atoms with Gasteiger partial charge in [-0.3, -0.25) is 0 Å². The molecule has 1 heterocycles. The molecule has 0 unspecified atom stereocenters. The molecule has 170 valence electrons. The van der Waals surface area contributed by atoms with E-state index in [0.29, 0.717) is 0 Å². The van der Waals surface area contributed by atoms with Crippen LogP contribution in [0.4, 0.5) is 0 Å². The van der Waals surface area contributed by atoms with Crippen LogP contribution in [0.15, 0.2) is 132 Å². The van der Waals surface area contributed by atoms with Gasteiger partial charge in [-0.05, 0) is 69.8 Å². The normalized spacial score (nSPS) is 11.5. The number of fused-ring (bicyclic) bond motifs is 4. The van der Waals surface area contributed by atoms with E-state index < -0.39 is 0 Å². The van der Waals surface area contributed by atoms with Crippen molar-refractivity contribution in [2.75, 3.05) is 0 Å². The van der Waals surface area contributed by atoms with Crippen molar-refractivity contribution < 1.29 is 4.42 Å². The Kier molecular flexibility index (Phi) is 4.75. The fourth-order valence-electron chi connectivity index (χ4n) is 5.28. The van der Waals surface area contributed by atoms with E-state index in [1.807, 2.05) is 0 Å². The Hall–Kier alpha value is -4.62. The van der Waals surface area contributed by atoms with Crippen molar-refractivity contribution in [2.45, 2.75) is 6.92 Å². The van der Waals surface area contributed by atoms with Crippen LogP contribution >= 0.6 is 0 Å². The molecule has 0 atom stereocenters. The van der Waals surface area contributed by atoms with Crippen LogP contribution in [0.25, 0.3) is 66.1 Å². The highest BCUT2D eigenvalue weighted by Gasteiger charge is 2.13. The monoisotopic (exact) mass is 460 g/mol. The first-order valence-electron chi connectivity index (χ1n) is 12.3. The second-order valence-electron chi connectivity index (χ2n) is 9.51. The number of aryl methyl sites for hydroxylation is 1. The summed E-state index contributed by atoms with van der Waals surface area (Å²) in [5.41, 5.74) is 10.3. The van der Waals surface area contributed by atoms with Crippen LogP contribution in [-0.2, 0) is 0 Å². The first-order chi connectivity index (χ1) is 17.7. The van der Waals surface area contributed by atoms with Crippen LogP contribution in [0, 0.1) is 6.92 Å². The molecular weight excluding hydrogens is 436 g/mol. The van der Waals surface area contributed by atoms with Gasteiger partial charge < -0.3 is 4.42 Å². The third-order valence-electron chi connectivity index (χ3n) is 7.09. The van der Waals surface area contributed by atoms with Crippen LogP contribution in [0.1, 0.15) is 5.56 Å². The minimum Gasteiger partial charge on any atom is -0.455 e. The Morgan fingerprint density at radius 3 is 1.75 bits per heavy atom. The van der Waals surface area contributed by atoms with E-state index in [1.165, 1.54) is 38.6 Å². The van der Waals surface area contributed by atoms with Crippen molar-refractivity contribution in [3.8, 4) is 33.4 Å². The molecule has 0 aliphatic carbocycles. The minimum atomic E-state index is 0.929. The number of para-hydroxylation sites is 1. The van der Waals surface area contributed by atoms with Gasteiger partial charge in [-0.1, -0.05) is 109 Å². The molecule has 0 spiro atoms. The summed E-state index contributed by atoms with van der Waals surface area (Å²) in [6, 6.07) is 45.5. The molecule has 7 aromatic rings. The molecule has 1 nitrogen and oxygen atoms in total. The molecular formula is C35H24O. The van der Waals surface area contributed by atoms with Crippen molar-refractivity contribution in [1.82, 2.24) is 0 Å². The average molecular weight is 461 g/mol. The topological polar surface area (TPSA) is 13.1 Å². The third-order valence-corrected chi connectivity index (χ3v) is 7.09. The summed E-state index contributed by atoms with van der Waals surface area (Å²) < 4.78 is 6.48. The highest BCUT2D eigenvalue weighted by molar-refractivity contribution is 6.13. The van der Waals surface area contributed by atoms with E-state index in [-0.39, 0.29) is 0 Å². The summed E-state index contributed by atoms with van der Waals surface area (Å²) in [5.74, 6) is 0. The summed E-state index contributed by atoms with van der Waals surface area (Å²) in [5, 5.41) is 4.74. The molecule has 0 amide bonds.